The van der Waals surface area contributed by atoms with Crippen LogP contribution in [0.1, 0.15) is 70.4 Å². The highest BCUT2D eigenvalue weighted by Crippen LogP contribution is 2.51. The second-order valence-corrected chi connectivity index (χ2v) is 11.6. The molecule has 1 heterocycles. The Balaban J connectivity index is 1.84. The zero-order chi connectivity index (χ0) is 26.0. The van der Waals surface area contributed by atoms with Crippen molar-refractivity contribution in [2.45, 2.75) is 65.3 Å². The summed E-state index contributed by atoms with van der Waals surface area (Å²) >= 11 is 0. The van der Waals surface area contributed by atoms with Crippen LogP contribution in [0.2, 0.25) is 0 Å². The van der Waals surface area contributed by atoms with E-state index >= 15 is 0 Å². The summed E-state index contributed by atoms with van der Waals surface area (Å²) in [6.07, 6.45) is 4.73. The van der Waals surface area contributed by atoms with Gasteiger partial charge in [-0.1, -0.05) is 58.0 Å². The van der Waals surface area contributed by atoms with Gasteiger partial charge in [-0.05, 0) is 49.0 Å². The minimum Gasteiger partial charge on any atom is -0.496 e. The maximum atomic E-state index is 14.7. The van der Waals surface area contributed by atoms with E-state index in [2.05, 4.69) is 44.7 Å². The predicted molar refractivity (Wildman–Crippen MR) is 144 cm³/mol. The number of hydrogen-bond donors (Lipinski definition) is 0. The van der Waals surface area contributed by atoms with Gasteiger partial charge in [0.05, 0.1) is 26.7 Å². The van der Waals surface area contributed by atoms with Gasteiger partial charge >= 0.3 is 0 Å². The van der Waals surface area contributed by atoms with Gasteiger partial charge in [-0.2, -0.15) is 0 Å². The lowest BCUT2D eigenvalue weighted by Crippen LogP contribution is -2.51. The number of hydrogen-bond acceptors (Lipinski definition) is 4. The summed E-state index contributed by atoms with van der Waals surface area (Å²) in [5.41, 5.74) is 1.20. The molecular weight excluding hydrogens is 450 g/mol. The molecule has 1 aliphatic carbocycles. The van der Waals surface area contributed by atoms with Crippen LogP contribution in [-0.2, 0) is 4.79 Å². The van der Waals surface area contributed by atoms with Crippen LogP contribution in [0, 0.1) is 23.2 Å². The number of likely N-dealkylation sites (tertiary alicyclic amines) is 1. The zero-order valence-corrected chi connectivity index (χ0v) is 23.0. The molecule has 36 heavy (non-hydrogen) atoms. The summed E-state index contributed by atoms with van der Waals surface area (Å²) < 4.78 is 17.3. The van der Waals surface area contributed by atoms with E-state index in [9.17, 15) is 4.79 Å². The van der Waals surface area contributed by atoms with Gasteiger partial charge in [0.25, 0.3) is 0 Å². The maximum absolute atomic E-state index is 14.7. The van der Waals surface area contributed by atoms with Crippen molar-refractivity contribution in [2.75, 3.05) is 27.9 Å². The van der Waals surface area contributed by atoms with Crippen molar-refractivity contribution >= 4 is 5.91 Å². The van der Waals surface area contributed by atoms with Crippen molar-refractivity contribution in [3.8, 4) is 17.2 Å². The Morgan fingerprint density at radius 2 is 1.50 bits per heavy atom. The fourth-order valence-electron chi connectivity index (χ4n) is 6.93. The molecule has 2 aromatic rings. The number of benzene rings is 2. The first-order valence-corrected chi connectivity index (χ1v) is 13.3. The molecule has 5 nitrogen and oxygen atoms in total. The first kappa shape index (κ1) is 26.4. The van der Waals surface area contributed by atoms with Gasteiger partial charge in [-0.25, -0.2) is 0 Å². The lowest BCUT2D eigenvalue weighted by molar-refractivity contribution is -0.144. The quantitative estimate of drug-likeness (QED) is 0.439. The van der Waals surface area contributed by atoms with Crippen LogP contribution in [-0.4, -0.2) is 44.7 Å². The molecule has 2 aromatic carbocycles. The highest BCUT2D eigenvalue weighted by atomic mass is 16.5. The van der Waals surface area contributed by atoms with Crippen molar-refractivity contribution in [3.63, 3.8) is 0 Å². The smallest absolute Gasteiger partial charge is 0.229 e. The highest BCUT2D eigenvalue weighted by molar-refractivity contribution is 5.85. The first-order chi connectivity index (χ1) is 17.2. The fraction of sp³-hybridized carbons (Fsp3) is 0.581. The maximum Gasteiger partial charge on any atom is 0.229 e. The average Bonchev–Trinajstić information content (AvgIpc) is 2.98. The molecule has 0 aromatic heterocycles. The Labute approximate surface area is 217 Å². The molecule has 2 bridgehead atoms. The second-order valence-electron chi connectivity index (χ2n) is 11.6. The van der Waals surface area contributed by atoms with Crippen molar-refractivity contribution in [2.24, 2.45) is 23.2 Å². The minimum absolute atomic E-state index is 0.211. The first-order valence-electron chi connectivity index (χ1n) is 13.3. The molecule has 0 spiro atoms. The number of carbonyl (C=O) groups excluding carboxylic acids is 1. The van der Waals surface area contributed by atoms with Gasteiger partial charge in [0.2, 0.25) is 5.91 Å². The number of ether oxygens (including phenoxy) is 3. The molecule has 5 unspecified atom stereocenters. The van der Waals surface area contributed by atoms with Gasteiger partial charge in [-0.3, -0.25) is 4.79 Å². The standard InChI is InChI=1S/C31H43NO4/c1-20-13-22-14-21(2)19-32(24(15-20)16-22)30(33)31(3,4)29(23-11-9-8-10-12-23)28-26(35-6)17-25(34-5)18-27(28)36-7/h8-12,17-18,20-22,24,29H,13-16,19H2,1-7H3. The Morgan fingerprint density at radius 3 is 2.08 bits per heavy atom. The Kier molecular flexibility index (Phi) is 7.87. The molecule has 0 radical (unpaired) electrons. The molecule has 1 aliphatic heterocycles. The SMILES string of the molecule is COc1cc(OC)c(C(c2ccccc2)C(C)(C)C(=O)N2CC(C)CC3CC(C)CC2C3)c(OC)c1. The van der Waals surface area contributed by atoms with E-state index in [1.807, 2.05) is 30.3 Å². The van der Waals surface area contributed by atoms with Gasteiger partial charge in [-0.15, -0.1) is 0 Å². The molecule has 4 rings (SSSR count). The van der Waals surface area contributed by atoms with E-state index in [0.717, 1.165) is 36.4 Å². The number of fused-ring (bicyclic) bond motifs is 2. The molecule has 5 atom stereocenters. The second kappa shape index (κ2) is 10.7. The lowest BCUT2D eigenvalue weighted by Gasteiger charge is -2.43. The lowest BCUT2D eigenvalue weighted by atomic mass is 9.69. The van der Waals surface area contributed by atoms with Crippen molar-refractivity contribution in [1.82, 2.24) is 4.90 Å². The third-order valence-corrected chi connectivity index (χ3v) is 8.41. The third-order valence-electron chi connectivity index (χ3n) is 8.41. The molecule has 1 amide bonds. The third kappa shape index (κ3) is 5.07. The molecule has 0 N–H and O–H groups in total. The average molecular weight is 494 g/mol. The molecule has 196 valence electrons. The predicted octanol–water partition coefficient (Wildman–Crippen LogP) is 6.54. The molecular formula is C31H43NO4. The van der Waals surface area contributed by atoms with Gasteiger partial charge in [0.15, 0.2) is 0 Å². The molecule has 1 saturated carbocycles. The summed E-state index contributed by atoms with van der Waals surface area (Å²) in [7, 11) is 4.96. The fourth-order valence-corrected chi connectivity index (χ4v) is 6.93. The number of carbonyl (C=O) groups is 1. The van der Waals surface area contributed by atoms with E-state index in [1.54, 1.807) is 21.3 Å². The topological polar surface area (TPSA) is 48.0 Å². The molecule has 5 heteroatoms. The molecule has 2 aliphatic rings. The van der Waals surface area contributed by atoms with Gasteiger partial charge in [0.1, 0.15) is 17.2 Å². The monoisotopic (exact) mass is 493 g/mol. The number of amides is 1. The van der Waals surface area contributed by atoms with Crippen LogP contribution in [0.5, 0.6) is 17.2 Å². The zero-order valence-electron chi connectivity index (χ0n) is 23.0. The van der Waals surface area contributed by atoms with Crippen LogP contribution in [0.4, 0.5) is 0 Å². The van der Waals surface area contributed by atoms with Crippen molar-refractivity contribution in [3.05, 3.63) is 53.6 Å². The Bertz CT molecular complexity index is 1020. The summed E-state index contributed by atoms with van der Waals surface area (Å²) in [5.74, 6) is 3.82. The Morgan fingerprint density at radius 1 is 0.889 bits per heavy atom. The Hall–Kier alpha value is -2.69. The van der Waals surface area contributed by atoms with Crippen LogP contribution in [0.3, 0.4) is 0 Å². The van der Waals surface area contributed by atoms with Crippen LogP contribution in [0.15, 0.2) is 42.5 Å². The van der Waals surface area contributed by atoms with E-state index < -0.39 is 5.41 Å². The van der Waals surface area contributed by atoms with Crippen molar-refractivity contribution in [1.29, 1.82) is 0 Å². The number of nitrogens with zero attached hydrogens (tertiary/aromatic N) is 1. The van der Waals surface area contributed by atoms with E-state index in [1.165, 1.54) is 12.8 Å². The van der Waals surface area contributed by atoms with E-state index in [0.29, 0.717) is 35.1 Å². The van der Waals surface area contributed by atoms with Crippen LogP contribution >= 0.6 is 0 Å². The van der Waals surface area contributed by atoms with Crippen molar-refractivity contribution < 1.29 is 19.0 Å². The summed E-state index contributed by atoms with van der Waals surface area (Å²) in [6, 6.07) is 14.4. The summed E-state index contributed by atoms with van der Waals surface area (Å²) in [4.78, 5) is 16.9. The summed E-state index contributed by atoms with van der Waals surface area (Å²) in [5, 5.41) is 0. The highest BCUT2D eigenvalue weighted by Gasteiger charge is 2.47. The number of rotatable bonds is 7. The van der Waals surface area contributed by atoms with E-state index in [4.69, 9.17) is 14.2 Å². The van der Waals surface area contributed by atoms with Gasteiger partial charge < -0.3 is 19.1 Å². The summed E-state index contributed by atoms with van der Waals surface area (Å²) in [6.45, 7) is 9.67. The largest absolute Gasteiger partial charge is 0.496 e. The minimum atomic E-state index is -0.739. The normalized spacial score (nSPS) is 25.0. The van der Waals surface area contributed by atoms with Crippen LogP contribution in [0.25, 0.3) is 0 Å². The molecule has 1 saturated heterocycles. The molecule has 2 fully saturated rings. The van der Waals surface area contributed by atoms with E-state index in [-0.39, 0.29) is 11.8 Å². The number of methoxy groups -OCH3 is 3. The van der Waals surface area contributed by atoms with Crippen LogP contribution < -0.4 is 14.2 Å². The van der Waals surface area contributed by atoms with Gasteiger partial charge in [0, 0.05) is 36.2 Å².